The maximum atomic E-state index is 12.6. The van der Waals surface area contributed by atoms with Crippen molar-refractivity contribution < 1.29 is 26.3 Å². The average molecular weight is 454 g/mol. The van der Waals surface area contributed by atoms with Crippen molar-refractivity contribution >= 4 is 33.0 Å². The number of nitrogens with zero attached hydrogens (tertiary/aromatic N) is 3. The van der Waals surface area contributed by atoms with Crippen LogP contribution < -0.4 is 20.1 Å². The molecule has 0 radical (unpaired) electrons. The number of aromatic nitrogens is 3. The molecule has 0 aliphatic carbocycles. The molecular weight excluding hydrogens is 437 g/mol. The molecule has 13 heteroatoms. The van der Waals surface area contributed by atoms with Crippen LogP contribution in [0.3, 0.4) is 0 Å². The molecule has 2 heterocycles. The van der Waals surface area contributed by atoms with E-state index in [0.29, 0.717) is 11.5 Å². The van der Waals surface area contributed by atoms with Crippen molar-refractivity contribution in [2.24, 2.45) is 0 Å². The summed E-state index contributed by atoms with van der Waals surface area (Å²) in [5.41, 5.74) is 0.685. The second-order valence-corrected chi connectivity index (χ2v) is 7.93. The van der Waals surface area contributed by atoms with Crippen molar-refractivity contribution in [3.8, 4) is 5.75 Å². The van der Waals surface area contributed by atoms with Gasteiger partial charge in [0.05, 0.1) is 10.6 Å². The Labute approximate surface area is 175 Å². The third kappa shape index (κ3) is 6.26. The number of ether oxygens (including phenoxy) is 1. The topological polar surface area (TPSA) is 118 Å². The summed E-state index contributed by atoms with van der Waals surface area (Å²) in [6, 6.07) is 8.34. The normalized spacial score (nSPS) is 11.7. The smallest absolute Gasteiger partial charge is 0.422 e. The molecule has 0 aliphatic rings. The predicted molar refractivity (Wildman–Crippen MR) is 107 cm³/mol. The molecule has 0 atom stereocenters. The maximum absolute atomic E-state index is 12.6. The van der Waals surface area contributed by atoms with E-state index >= 15 is 0 Å². The molecule has 2 aromatic heterocycles. The van der Waals surface area contributed by atoms with Crippen LogP contribution in [0.4, 0.5) is 36.2 Å². The molecule has 1 aromatic carbocycles. The highest BCUT2D eigenvalue weighted by atomic mass is 32.2. The van der Waals surface area contributed by atoms with E-state index in [1.807, 2.05) is 0 Å². The number of rotatable bonds is 8. The number of hydrogen-bond donors (Lipinski definition) is 3. The van der Waals surface area contributed by atoms with Crippen LogP contribution in [0.25, 0.3) is 0 Å². The van der Waals surface area contributed by atoms with Crippen LogP contribution in [0.5, 0.6) is 5.75 Å². The Morgan fingerprint density at radius 1 is 1.00 bits per heavy atom. The molecular formula is C18H17F3N6O3S. The highest BCUT2D eigenvalue weighted by Gasteiger charge is 2.29. The number of pyridine rings is 1. The number of sulfonamides is 1. The zero-order valence-electron chi connectivity index (χ0n) is 16.0. The molecule has 0 bridgehead atoms. The van der Waals surface area contributed by atoms with Gasteiger partial charge in [0, 0.05) is 24.1 Å². The molecule has 0 fully saturated rings. The fourth-order valence-electron chi connectivity index (χ4n) is 2.39. The van der Waals surface area contributed by atoms with Gasteiger partial charge in [-0.15, -0.1) is 0 Å². The number of hydrogen-bond acceptors (Lipinski definition) is 8. The SMILES string of the molecule is CNS(=O)(=O)c1ccc(OCC(F)(F)F)c(Nc2cc(Nc3ccncc3)ncn2)c1. The van der Waals surface area contributed by atoms with Gasteiger partial charge >= 0.3 is 6.18 Å². The number of benzene rings is 1. The van der Waals surface area contributed by atoms with E-state index in [9.17, 15) is 21.6 Å². The summed E-state index contributed by atoms with van der Waals surface area (Å²) in [6.07, 6.45) is -0.166. The van der Waals surface area contributed by atoms with Gasteiger partial charge in [-0.1, -0.05) is 0 Å². The first-order valence-electron chi connectivity index (χ1n) is 8.69. The number of halogens is 3. The van der Waals surface area contributed by atoms with E-state index in [-0.39, 0.29) is 22.2 Å². The van der Waals surface area contributed by atoms with Gasteiger partial charge in [0.1, 0.15) is 23.7 Å². The summed E-state index contributed by atoms with van der Waals surface area (Å²) >= 11 is 0. The van der Waals surface area contributed by atoms with E-state index in [1.165, 1.54) is 19.4 Å². The molecule has 31 heavy (non-hydrogen) atoms. The standard InChI is InChI=1S/C18H17F3N6O3S/c1-22-31(28,29)13-2-3-15(30-10-18(19,20)21)14(8-13)27-17-9-16(24-11-25-17)26-12-4-6-23-7-5-12/h2-9,11,22H,10H2,1H3,(H2,23,24,25,26,27). The van der Waals surface area contributed by atoms with Gasteiger partial charge in [-0.25, -0.2) is 23.1 Å². The molecule has 0 saturated heterocycles. The molecule has 3 rings (SSSR count). The molecule has 9 nitrogen and oxygen atoms in total. The minimum absolute atomic E-state index is 0.0193. The first-order chi connectivity index (χ1) is 14.7. The Kier molecular flexibility index (Phi) is 6.56. The molecule has 164 valence electrons. The Morgan fingerprint density at radius 3 is 2.32 bits per heavy atom. The second kappa shape index (κ2) is 9.14. The van der Waals surface area contributed by atoms with Crippen LogP contribution in [-0.4, -0.2) is 43.2 Å². The molecule has 0 aliphatic heterocycles. The minimum atomic E-state index is -4.57. The monoisotopic (exact) mass is 454 g/mol. The summed E-state index contributed by atoms with van der Waals surface area (Å²) in [5, 5.41) is 5.80. The van der Waals surface area contributed by atoms with Crippen LogP contribution in [0.15, 0.2) is 60.0 Å². The lowest BCUT2D eigenvalue weighted by atomic mass is 10.3. The van der Waals surface area contributed by atoms with Crippen LogP contribution >= 0.6 is 0 Å². The Morgan fingerprint density at radius 2 is 1.68 bits per heavy atom. The molecule has 0 unspecified atom stereocenters. The van der Waals surface area contributed by atoms with Crippen molar-refractivity contribution in [1.29, 1.82) is 0 Å². The number of alkyl halides is 3. The van der Waals surface area contributed by atoms with Crippen molar-refractivity contribution in [1.82, 2.24) is 19.7 Å². The highest BCUT2D eigenvalue weighted by Crippen LogP contribution is 2.32. The van der Waals surface area contributed by atoms with E-state index in [2.05, 4.69) is 30.3 Å². The Bertz CT molecular complexity index is 1140. The van der Waals surface area contributed by atoms with E-state index in [1.54, 1.807) is 24.5 Å². The fourth-order valence-corrected chi connectivity index (χ4v) is 3.15. The largest absolute Gasteiger partial charge is 0.482 e. The van der Waals surface area contributed by atoms with E-state index in [4.69, 9.17) is 4.74 Å². The van der Waals surface area contributed by atoms with Crippen molar-refractivity contribution in [3.63, 3.8) is 0 Å². The summed E-state index contributed by atoms with van der Waals surface area (Å²) in [5.74, 6) is 0.387. The minimum Gasteiger partial charge on any atom is -0.482 e. The Hall–Kier alpha value is -3.45. The van der Waals surface area contributed by atoms with Gasteiger partial charge in [-0.3, -0.25) is 4.98 Å². The lowest BCUT2D eigenvalue weighted by Crippen LogP contribution is -2.20. The molecule has 3 N–H and O–H groups in total. The summed E-state index contributed by atoms with van der Waals surface area (Å²) in [6.45, 7) is -1.54. The van der Waals surface area contributed by atoms with Crippen molar-refractivity contribution in [3.05, 3.63) is 55.1 Å². The fraction of sp³-hybridized carbons (Fsp3) is 0.167. The van der Waals surface area contributed by atoms with Crippen molar-refractivity contribution in [2.45, 2.75) is 11.1 Å². The van der Waals surface area contributed by atoms with Crippen LogP contribution in [0.2, 0.25) is 0 Å². The van der Waals surface area contributed by atoms with Gasteiger partial charge in [0.25, 0.3) is 0 Å². The summed E-state index contributed by atoms with van der Waals surface area (Å²) in [7, 11) is -2.62. The third-order valence-electron chi connectivity index (χ3n) is 3.80. The van der Waals surface area contributed by atoms with Gasteiger partial charge in [0.2, 0.25) is 10.0 Å². The van der Waals surface area contributed by atoms with Gasteiger partial charge in [0.15, 0.2) is 6.61 Å². The third-order valence-corrected chi connectivity index (χ3v) is 5.22. The van der Waals surface area contributed by atoms with Gasteiger partial charge < -0.3 is 15.4 Å². The lowest BCUT2D eigenvalue weighted by molar-refractivity contribution is -0.153. The summed E-state index contributed by atoms with van der Waals surface area (Å²) in [4.78, 5) is 11.8. The molecule has 0 amide bonds. The zero-order chi connectivity index (χ0) is 22.5. The molecule has 0 saturated carbocycles. The van der Waals surface area contributed by atoms with Crippen molar-refractivity contribution in [2.75, 3.05) is 24.3 Å². The zero-order valence-corrected chi connectivity index (χ0v) is 16.8. The quantitative estimate of drug-likeness (QED) is 0.475. The Balaban J connectivity index is 1.90. The van der Waals surface area contributed by atoms with E-state index in [0.717, 1.165) is 18.2 Å². The first-order valence-corrected chi connectivity index (χ1v) is 10.2. The summed E-state index contributed by atoms with van der Waals surface area (Å²) < 4.78 is 69.0. The van der Waals surface area contributed by atoms with E-state index < -0.39 is 22.8 Å². The van der Waals surface area contributed by atoms with Gasteiger partial charge in [-0.05, 0) is 37.4 Å². The predicted octanol–water partition coefficient (Wildman–Crippen LogP) is 3.21. The lowest BCUT2D eigenvalue weighted by Gasteiger charge is -2.16. The first kappa shape index (κ1) is 22.2. The van der Waals surface area contributed by atoms with Gasteiger partial charge in [-0.2, -0.15) is 13.2 Å². The van der Waals surface area contributed by atoms with Crippen LogP contribution in [0, 0.1) is 0 Å². The van der Waals surface area contributed by atoms with Crippen LogP contribution in [-0.2, 0) is 10.0 Å². The molecule has 0 spiro atoms. The molecule has 3 aromatic rings. The number of nitrogens with one attached hydrogen (secondary N) is 3. The maximum Gasteiger partial charge on any atom is 0.422 e. The second-order valence-electron chi connectivity index (χ2n) is 6.04. The number of anilines is 4. The van der Waals surface area contributed by atoms with Crippen LogP contribution in [0.1, 0.15) is 0 Å². The average Bonchev–Trinajstić information content (AvgIpc) is 2.73. The highest BCUT2D eigenvalue weighted by molar-refractivity contribution is 7.89.